The third-order valence-electron chi connectivity index (χ3n) is 6.40. The molecular formula is C23H32N2O4. The van der Waals surface area contributed by atoms with Gasteiger partial charge in [0.1, 0.15) is 13.2 Å². The maximum Gasteiger partial charge on any atom is 0.225 e. The monoisotopic (exact) mass is 400 g/mol. The first kappa shape index (κ1) is 20.0. The molecule has 0 bridgehead atoms. The lowest BCUT2D eigenvalue weighted by Crippen LogP contribution is -2.47. The largest absolute Gasteiger partial charge is 0.486 e. The van der Waals surface area contributed by atoms with Crippen molar-refractivity contribution in [1.82, 2.24) is 9.80 Å². The molecule has 0 aliphatic carbocycles. The number of carbonyl (C=O) groups excluding carboxylic acids is 2. The fourth-order valence-corrected chi connectivity index (χ4v) is 4.68. The van der Waals surface area contributed by atoms with Gasteiger partial charge in [-0.25, -0.2) is 0 Å². The quantitative estimate of drug-likeness (QED) is 0.780. The summed E-state index contributed by atoms with van der Waals surface area (Å²) >= 11 is 0. The second-order valence-corrected chi connectivity index (χ2v) is 8.66. The van der Waals surface area contributed by atoms with E-state index in [9.17, 15) is 9.59 Å². The number of nitrogens with zero attached hydrogens (tertiary/aromatic N) is 2. The minimum Gasteiger partial charge on any atom is -0.486 e. The number of rotatable bonds is 4. The molecule has 4 rings (SSSR count). The van der Waals surface area contributed by atoms with Gasteiger partial charge in [0.25, 0.3) is 0 Å². The Hall–Kier alpha value is -2.24. The molecule has 1 atom stereocenters. The number of piperidine rings is 2. The van der Waals surface area contributed by atoms with Gasteiger partial charge in [-0.2, -0.15) is 0 Å². The highest BCUT2D eigenvalue weighted by Gasteiger charge is 2.31. The Morgan fingerprint density at radius 1 is 1.00 bits per heavy atom. The van der Waals surface area contributed by atoms with E-state index in [1.165, 1.54) is 6.42 Å². The van der Waals surface area contributed by atoms with Crippen molar-refractivity contribution in [2.24, 2.45) is 11.8 Å². The molecule has 6 nitrogen and oxygen atoms in total. The molecule has 2 saturated heterocycles. The van der Waals surface area contributed by atoms with Crippen molar-refractivity contribution in [2.75, 3.05) is 39.4 Å². The van der Waals surface area contributed by atoms with Crippen LogP contribution in [0, 0.1) is 11.8 Å². The number of ether oxygens (including phenoxy) is 2. The molecule has 3 aliphatic rings. The molecule has 2 amide bonds. The summed E-state index contributed by atoms with van der Waals surface area (Å²) in [6, 6.07) is 5.91. The molecule has 0 saturated carbocycles. The predicted molar refractivity (Wildman–Crippen MR) is 110 cm³/mol. The SMILES string of the molecule is CC1CCCN(C(=O)C2CCN(C(=O)CCc3ccc4c(c3)OCCO4)CC2)C1. The smallest absolute Gasteiger partial charge is 0.225 e. The van der Waals surface area contributed by atoms with Crippen molar-refractivity contribution in [3.05, 3.63) is 23.8 Å². The minimum absolute atomic E-state index is 0.0853. The fraction of sp³-hybridized carbons (Fsp3) is 0.652. The summed E-state index contributed by atoms with van der Waals surface area (Å²) in [4.78, 5) is 29.4. The van der Waals surface area contributed by atoms with Crippen LogP contribution in [0.5, 0.6) is 11.5 Å². The van der Waals surface area contributed by atoms with Gasteiger partial charge in [-0.05, 0) is 55.7 Å². The second-order valence-electron chi connectivity index (χ2n) is 8.66. The molecule has 1 aromatic rings. The first-order chi connectivity index (χ1) is 14.1. The van der Waals surface area contributed by atoms with Crippen molar-refractivity contribution in [3.8, 4) is 11.5 Å². The molecule has 0 radical (unpaired) electrons. The predicted octanol–water partition coefficient (Wildman–Crippen LogP) is 2.89. The van der Waals surface area contributed by atoms with Gasteiger partial charge in [0.2, 0.25) is 11.8 Å². The van der Waals surface area contributed by atoms with E-state index in [2.05, 4.69) is 11.8 Å². The van der Waals surface area contributed by atoms with E-state index in [4.69, 9.17) is 9.47 Å². The minimum atomic E-state index is 0.0853. The summed E-state index contributed by atoms with van der Waals surface area (Å²) in [5, 5.41) is 0. The van der Waals surface area contributed by atoms with Gasteiger partial charge in [-0.1, -0.05) is 13.0 Å². The van der Waals surface area contributed by atoms with Crippen LogP contribution in [0.3, 0.4) is 0 Å². The molecule has 2 fully saturated rings. The van der Waals surface area contributed by atoms with Crippen LogP contribution in [0.2, 0.25) is 0 Å². The van der Waals surface area contributed by atoms with E-state index in [-0.39, 0.29) is 11.8 Å². The fourth-order valence-electron chi connectivity index (χ4n) is 4.68. The van der Waals surface area contributed by atoms with Crippen LogP contribution in [0.1, 0.15) is 44.6 Å². The maximum absolute atomic E-state index is 12.8. The van der Waals surface area contributed by atoms with Gasteiger partial charge in [-0.15, -0.1) is 0 Å². The Labute approximate surface area is 173 Å². The number of benzene rings is 1. The van der Waals surface area contributed by atoms with Gasteiger partial charge < -0.3 is 19.3 Å². The van der Waals surface area contributed by atoms with E-state index in [0.717, 1.165) is 49.4 Å². The average molecular weight is 401 g/mol. The Bertz CT molecular complexity index is 742. The number of aryl methyl sites for hydroxylation is 1. The highest BCUT2D eigenvalue weighted by atomic mass is 16.6. The molecule has 0 aromatic heterocycles. The summed E-state index contributed by atoms with van der Waals surface area (Å²) in [7, 11) is 0. The molecule has 1 aromatic carbocycles. The van der Waals surface area contributed by atoms with Crippen molar-refractivity contribution in [1.29, 1.82) is 0 Å². The van der Waals surface area contributed by atoms with Crippen LogP contribution >= 0.6 is 0 Å². The highest BCUT2D eigenvalue weighted by Crippen LogP contribution is 2.31. The van der Waals surface area contributed by atoms with Crippen molar-refractivity contribution in [2.45, 2.75) is 45.4 Å². The zero-order chi connectivity index (χ0) is 20.2. The number of likely N-dealkylation sites (tertiary alicyclic amines) is 2. The standard InChI is InChI=1S/C23H32N2O4/c1-17-3-2-10-25(16-17)23(27)19-8-11-24(12-9-19)22(26)7-5-18-4-6-20-21(15-18)29-14-13-28-20/h4,6,15,17,19H,2-3,5,7-14,16H2,1H3. The van der Waals surface area contributed by atoms with Crippen LogP contribution in [0.15, 0.2) is 18.2 Å². The zero-order valence-corrected chi connectivity index (χ0v) is 17.4. The van der Waals surface area contributed by atoms with E-state index in [0.29, 0.717) is 51.0 Å². The molecule has 29 heavy (non-hydrogen) atoms. The van der Waals surface area contributed by atoms with Crippen LogP contribution < -0.4 is 9.47 Å². The van der Waals surface area contributed by atoms with Gasteiger partial charge in [0, 0.05) is 38.5 Å². The third-order valence-corrected chi connectivity index (χ3v) is 6.40. The Morgan fingerprint density at radius 3 is 2.52 bits per heavy atom. The molecule has 158 valence electrons. The summed E-state index contributed by atoms with van der Waals surface area (Å²) in [6.07, 6.45) is 5.10. The van der Waals surface area contributed by atoms with E-state index < -0.39 is 0 Å². The second kappa shape index (κ2) is 9.06. The summed E-state index contributed by atoms with van der Waals surface area (Å²) in [5.41, 5.74) is 1.09. The van der Waals surface area contributed by atoms with Gasteiger partial charge in [-0.3, -0.25) is 9.59 Å². The topological polar surface area (TPSA) is 59.1 Å². The molecule has 3 heterocycles. The lowest BCUT2D eigenvalue weighted by molar-refractivity contribution is -0.142. The first-order valence-corrected chi connectivity index (χ1v) is 11.1. The van der Waals surface area contributed by atoms with Gasteiger partial charge >= 0.3 is 0 Å². The molecular weight excluding hydrogens is 368 g/mol. The molecule has 6 heteroatoms. The summed E-state index contributed by atoms with van der Waals surface area (Å²) in [6.45, 7) is 6.56. The Kier molecular flexibility index (Phi) is 6.26. The number of amides is 2. The number of fused-ring (bicyclic) bond motifs is 1. The van der Waals surface area contributed by atoms with Crippen molar-refractivity contribution >= 4 is 11.8 Å². The zero-order valence-electron chi connectivity index (χ0n) is 17.4. The molecule has 3 aliphatic heterocycles. The van der Waals surface area contributed by atoms with Crippen LogP contribution in [-0.4, -0.2) is 61.0 Å². The van der Waals surface area contributed by atoms with Crippen LogP contribution in [0.25, 0.3) is 0 Å². The first-order valence-electron chi connectivity index (χ1n) is 11.1. The van der Waals surface area contributed by atoms with Crippen LogP contribution in [-0.2, 0) is 16.0 Å². The average Bonchev–Trinajstić information content (AvgIpc) is 2.77. The number of carbonyl (C=O) groups is 2. The summed E-state index contributed by atoms with van der Waals surface area (Å²) in [5.74, 6) is 2.73. The Balaban J connectivity index is 1.23. The van der Waals surface area contributed by atoms with E-state index >= 15 is 0 Å². The number of hydrogen-bond donors (Lipinski definition) is 0. The third kappa shape index (κ3) is 4.85. The maximum atomic E-state index is 12.8. The van der Waals surface area contributed by atoms with Crippen molar-refractivity contribution < 1.29 is 19.1 Å². The number of hydrogen-bond acceptors (Lipinski definition) is 4. The molecule has 0 spiro atoms. The lowest BCUT2D eigenvalue weighted by atomic mass is 9.92. The van der Waals surface area contributed by atoms with Crippen LogP contribution in [0.4, 0.5) is 0 Å². The summed E-state index contributed by atoms with van der Waals surface area (Å²) < 4.78 is 11.2. The lowest BCUT2D eigenvalue weighted by Gasteiger charge is -2.37. The molecule has 1 unspecified atom stereocenters. The van der Waals surface area contributed by atoms with E-state index in [1.54, 1.807) is 0 Å². The van der Waals surface area contributed by atoms with Gasteiger partial charge in [0.05, 0.1) is 0 Å². The normalized spacial score (nSPS) is 22.4. The van der Waals surface area contributed by atoms with Gasteiger partial charge in [0.15, 0.2) is 11.5 Å². The van der Waals surface area contributed by atoms with E-state index in [1.807, 2.05) is 23.1 Å². The highest BCUT2D eigenvalue weighted by molar-refractivity contribution is 5.80. The molecule has 0 N–H and O–H groups in total. The Morgan fingerprint density at radius 2 is 1.76 bits per heavy atom. The van der Waals surface area contributed by atoms with Crippen molar-refractivity contribution in [3.63, 3.8) is 0 Å².